The molecule has 1 atom stereocenters. The van der Waals surface area contributed by atoms with Crippen molar-refractivity contribution in [3.8, 4) is 5.75 Å². The lowest BCUT2D eigenvalue weighted by molar-refractivity contribution is -0.389. The van der Waals surface area contributed by atoms with Crippen molar-refractivity contribution in [2.45, 2.75) is 20.0 Å². The first-order valence-electron chi connectivity index (χ1n) is 5.18. The number of anilines is 1. The Labute approximate surface area is 97.2 Å². The average molecular weight is 237 g/mol. The van der Waals surface area contributed by atoms with Gasteiger partial charge in [0.15, 0.2) is 11.9 Å². The molecule has 0 aliphatic carbocycles. The Hall–Kier alpha value is -2.18. The zero-order valence-electron chi connectivity index (χ0n) is 9.41. The Morgan fingerprint density at radius 2 is 2.29 bits per heavy atom. The minimum absolute atomic E-state index is 0.213. The maximum Gasteiger partial charge on any atom is 0.366 e. The molecule has 0 spiro atoms. The Morgan fingerprint density at radius 1 is 1.59 bits per heavy atom. The van der Waals surface area contributed by atoms with Crippen molar-refractivity contribution >= 4 is 17.5 Å². The van der Waals surface area contributed by atoms with E-state index in [-0.39, 0.29) is 17.5 Å². The van der Waals surface area contributed by atoms with Crippen molar-refractivity contribution < 1.29 is 14.5 Å². The van der Waals surface area contributed by atoms with E-state index in [0.717, 1.165) is 0 Å². The summed E-state index contributed by atoms with van der Waals surface area (Å²) in [5.74, 6) is 0.0653. The van der Waals surface area contributed by atoms with Crippen LogP contribution in [0.4, 0.5) is 11.6 Å². The first kappa shape index (κ1) is 11.3. The number of nitrogens with zero attached hydrogens (tertiary/aromatic N) is 3. The summed E-state index contributed by atoms with van der Waals surface area (Å²) < 4.78 is 5.33. The summed E-state index contributed by atoms with van der Waals surface area (Å²) in [7, 11) is 0. The summed E-state index contributed by atoms with van der Waals surface area (Å²) in [6, 6.07) is 2.72. The molecule has 0 radical (unpaired) electrons. The van der Waals surface area contributed by atoms with E-state index in [4.69, 9.17) is 4.74 Å². The molecule has 0 aromatic carbocycles. The highest BCUT2D eigenvalue weighted by Crippen LogP contribution is 2.33. The van der Waals surface area contributed by atoms with Crippen LogP contribution >= 0.6 is 0 Å². The molecule has 7 heteroatoms. The quantitative estimate of drug-likeness (QED) is 0.568. The van der Waals surface area contributed by atoms with E-state index < -0.39 is 11.0 Å². The van der Waals surface area contributed by atoms with Gasteiger partial charge in [-0.2, -0.15) is 0 Å². The average Bonchev–Trinajstić information content (AvgIpc) is 2.30. The second-order valence-corrected chi connectivity index (χ2v) is 3.59. The summed E-state index contributed by atoms with van der Waals surface area (Å²) in [5, 5.41) is 10.6. The molecule has 1 aromatic rings. The van der Waals surface area contributed by atoms with Gasteiger partial charge in [0, 0.05) is 12.6 Å². The fraction of sp³-hybridized carbons (Fsp3) is 0.400. The molecule has 0 fully saturated rings. The standard InChI is InChI=1S/C10H11N3O4/c1-3-12-9-7(17-6(2)10(12)14)4-5-8(11-9)13(15)16/h4-6H,3H2,1-2H3. The van der Waals surface area contributed by atoms with Gasteiger partial charge in [-0.3, -0.25) is 9.69 Å². The fourth-order valence-corrected chi connectivity index (χ4v) is 1.68. The zero-order chi connectivity index (χ0) is 12.6. The number of hydrogen-bond donors (Lipinski definition) is 0. The third-order valence-electron chi connectivity index (χ3n) is 2.50. The first-order valence-corrected chi connectivity index (χ1v) is 5.18. The van der Waals surface area contributed by atoms with Crippen molar-refractivity contribution in [3.63, 3.8) is 0 Å². The van der Waals surface area contributed by atoms with E-state index in [9.17, 15) is 14.9 Å². The second-order valence-electron chi connectivity index (χ2n) is 3.59. The highest BCUT2D eigenvalue weighted by Gasteiger charge is 2.35. The molecule has 0 saturated carbocycles. The Bertz CT molecular complexity index is 488. The molecule has 2 rings (SSSR count). The number of carbonyl (C=O) groups is 1. The maximum absolute atomic E-state index is 11.8. The third kappa shape index (κ3) is 1.79. The molecule has 1 aromatic heterocycles. The summed E-state index contributed by atoms with van der Waals surface area (Å²) in [6.45, 7) is 3.81. The first-order chi connectivity index (χ1) is 8.04. The zero-order valence-corrected chi connectivity index (χ0v) is 9.41. The van der Waals surface area contributed by atoms with Crippen LogP contribution in [-0.2, 0) is 4.79 Å². The van der Waals surface area contributed by atoms with Gasteiger partial charge >= 0.3 is 5.82 Å². The third-order valence-corrected chi connectivity index (χ3v) is 2.50. The van der Waals surface area contributed by atoms with Crippen LogP contribution in [0.3, 0.4) is 0 Å². The van der Waals surface area contributed by atoms with Gasteiger partial charge in [-0.15, -0.1) is 0 Å². The summed E-state index contributed by atoms with van der Waals surface area (Å²) >= 11 is 0. The molecule has 0 saturated heterocycles. The summed E-state index contributed by atoms with van der Waals surface area (Å²) in [5.41, 5.74) is 0. The molecule has 2 heterocycles. The van der Waals surface area contributed by atoms with E-state index in [0.29, 0.717) is 12.3 Å². The second kappa shape index (κ2) is 4.00. The molecule has 17 heavy (non-hydrogen) atoms. The van der Waals surface area contributed by atoms with Crippen LogP contribution in [0.15, 0.2) is 12.1 Å². The lowest BCUT2D eigenvalue weighted by atomic mass is 10.2. The highest BCUT2D eigenvalue weighted by atomic mass is 16.6. The lowest BCUT2D eigenvalue weighted by Gasteiger charge is -2.28. The van der Waals surface area contributed by atoms with E-state index in [2.05, 4.69) is 4.98 Å². The van der Waals surface area contributed by atoms with Crippen LogP contribution in [0.25, 0.3) is 0 Å². The van der Waals surface area contributed by atoms with Gasteiger partial charge in [-0.25, -0.2) is 0 Å². The van der Waals surface area contributed by atoms with Crippen molar-refractivity contribution in [3.05, 3.63) is 22.2 Å². The van der Waals surface area contributed by atoms with Gasteiger partial charge in [-0.1, -0.05) is 0 Å². The van der Waals surface area contributed by atoms with Crippen molar-refractivity contribution in [1.29, 1.82) is 0 Å². The highest BCUT2D eigenvalue weighted by molar-refractivity contribution is 5.98. The van der Waals surface area contributed by atoms with E-state index in [1.807, 2.05) is 0 Å². The number of aromatic nitrogens is 1. The molecule has 7 nitrogen and oxygen atoms in total. The van der Waals surface area contributed by atoms with Gasteiger partial charge in [0.05, 0.1) is 0 Å². The van der Waals surface area contributed by atoms with Crippen LogP contribution in [0, 0.1) is 10.1 Å². The Morgan fingerprint density at radius 3 is 2.88 bits per heavy atom. The number of carbonyl (C=O) groups excluding carboxylic acids is 1. The number of pyridine rings is 1. The molecule has 0 bridgehead atoms. The topological polar surface area (TPSA) is 85.6 Å². The molecule has 1 aliphatic heterocycles. The van der Waals surface area contributed by atoms with Crippen LogP contribution in [-0.4, -0.2) is 28.5 Å². The van der Waals surface area contributed by atoms with Crippen LogP contribution in [0.5, 0.6) is 5.75 Å². The minimum atomic E-state index is -0.601. The van der Waals surface area contributed by atoms with Gasteiger partial charge in [-0.05, 0) is 29.8 Å². The summed E-state index contributed by atoms with van der Waals surface area (Å²) in [4.78, 5) is 27.0. The molecule has 90 valence electrons. The Balaban J connectivity index is 2.52. The number of fused-ring (bicyclic) bond motifs is 1. The molecular formula is C10H11N3O4. The van der Waals surface area contributed by atoms with Crippen LogP contribution < -0.4 is 9.64 Å². The Kier molecular flexibility index (Phi) is 2.66. The van der Waals surface area contributed by atoms with Crippen molar-refractivity contribution in [2.24, 2.45) is 0 Å². The van der Waals surface area contributed by atoms with Gasteiger partial charge in [0.2, 0.25) is 0 Å². The SMILES string of the molecule is CCN1C(=O)C(C)Oc2ccc([N+](=O)[O-])nc21. The predicted molar refractivity (Wildman–Crippen MR) is 59.0 cm³/mol. The fourth-order valence-electron chi connectivity index (χ4n) is 1.68. The van der Waals surface area contributed by atoms with E-state index in [1.54, 1.807) is 13.8 Å². The van der Waals surface area contributed by atoms with Crippen molar-refractivity contribution in [1.82, 2.24) is 4.98 Å². The summed E-state index contributed by atoms with van der Waals surface area (Å²) in [6.07, 6.45) is -0.592. The molecular weight excluding hydrogens is 226 g/mol. The monoisotopic (exact) mass is 237 g/mol. The molecule has 1 amide bonds. The molecule has 0 N–H and O–H groups in total. The number of rotatable bonds is 2. The van der Waals surface area contributed by atoms with Crippen LogP contribution in [0.1, 0.15) is 13.8 Å². The van der Waals surface area contributed by atoms with Gasteiger partial charge in [0.1, 0.15) is 0 Å². The number of ether oxygens (including phenoxy) is 1. The molecule has 1 aliphatic rings. The van der Waals surface area contributed by atoms with Crippen LogP contribution in [0.2, 0.25) is 0 Å². The van der Waals surface area contributed by atoms with E-state index in [1.165, 1.54) is 17.0 Å². The normalized spacial score (nSPS) is 18.6. The lowest BCUT2D eigenvalue weighted by Crippen LogP contribution is -2.44. The molecule has 1 unspecified atom stereocenters. The maximum atomic E-state index is 11.8. The van der Waals surface area contributed by atoms with Gasteiger partial charge in [0.25, 0.3) is 11.7 Å². The number of nitro groups is 1. The smallest absolute Gasteiger partial charge is 0.366 e. The predicted octanol–water partition coefficient (Wildman–Crippen LogP) is 1.12. The van der Waals surface area contributed by atoms with Crippen molar-refractivity contribution in [2.75, 3.05) is 11.4 Å². The van der Waals surface area contributed by atoms with Gasteiger partial charge < -0.3 is 14.9 Å². The number of hydrogen-bond acceptors (Lipinski definition) is 5. The largest absolute Gasteiger partial charge is 0.475 e. The number of likely N-dealkylation sites (N-methyl/N-ethyl adjacent to an activating group) is 1. The van der Waals surface area contributed by atoms with E-state index >= 15 is 0 Å². The number of amides is 1. The minimum Gasteiger partial charge on any atom is -0.475 e.